The molecule has 1 aliphatic heterocycles. The molecule has 0 aliphatic carbocycles. The van der Waals surface area contributed by atoms with Crippen LogP contribution in [0.1, 0.15) is 77.8 Å². The number of aromatic hydroxyl groups is 1. The number of ketones is 2. The second kappa shape index (κ2) is 10.6. The molecule has 0 aromatic heterocycles. The molecule has 31 heavy (non-hydrogen) atoms. The van der Waals surface area contributed by atoms with Crippen molar-refractivity contribution < 1.29 is 19.4 Å². The molecule has 168 valence electrons. The largest absolute Gasteiger partial charge is 0.508 e. The number of carbonyl (C=O) groups is 2. The van der Waals surface area contributed by atoms with Crippen LogP contribution in [0, 0.1) is 6.92 Å². The summed E-state index contributed by atoms with van der Waals surface area (Å²) in [6, 6.07) is 3.56. The number of ether oxygens (including phenoxy) is 1. The lowest BCUT2D eigenvalue weighted by molar-refractivity contribution is -0.131. The van der Waals surface area contributed by atoms with Gasteiger partial charge in [0, 0.05) is 0 Å². The minimum atomic E-state index is -0.450. The van der Waals surface area contributed by atoms with Gasteiger partial charge in [0.2, 0.25) is 11.6 Å². The van der Waals surface area contributed by atoms with Crippen LogP contribution in [-0.2, 0) is 16.0 Å². The molecule has 1 N–H and O–H groups in total. The Balaban J connectivity index is 1.85. The molecular formula is C27H36O4. The Morgan fingerprint density at radius 2 is 1.84 bits per heavy atom. The van der Waals surface area contributed by atoms with Crippen molar-refractivity contribution in [3.8, 4) is 11.5 Å². The van der Waals surface area contributed by atoms with Crippen molar-refractivity contribution in [3.05, 3.63) is 58.2 Å². The van der Waals surface area contributed by atoms with Crippen LogP contribution in [0.4, 0.5) is 0 Å². The molecule has 1 heterocycles. The molecule has 0 bridgehead atoms. The van der Waals surface area contributed by atoms with E-state index in [1.54, 1.807) is 19.1 Å². The smallest absolute Gasteiger partial charge is 0.228 e. The van der Waals surface area contributed by atoms with E-state index in [9.17, 15) is 14.7 Å². The molecular weight excluding hydrogens is 388 g/mol. The van der Waals surface area contributed by atoms with Gasteiger partial charge in [0.05, 0.1) is 0 Å². The number of hydrogen-bond donors (Lipinski definition) is 1. The summed E-state index contributed by atoms with van der Waals surface area (Å²) in [5.74, 6) is 0.345. The molecule has 4 nitrogen and oxygen atoms in total. The van der Waals surface area contributed by atoms with Crippen molar-refractivity contribution in [1.82, 2.24) is 0 Å². The molecule has 0 amide bonds. The first-order chi connectivity index (χ1) is 14.5. The Kier molecular flexibility index (Phi) is 8.43. The molecule has 0 radical (unpaired) electrons. The normalized spacial score (nSPS) is 18.8. The van der Waals surface area contributed by atoms with Gasteiger partial charge >= 0.3 is 0 Å². The average molecular weight is 425 g/mol. The van der Waals surface area contributed by atoms with Crippen LogP contribution >= 0.6 is 0 Å². The quantitative estimate of drug-likeness (QED) is 0.285. The Hall–Kier alpha value is -2.62. The molecule has 0 saturated carbocycles. The summed E-state index contributed by atoms with van der Waals surface area (Å²) in [7, 11) is 0. The van der Waals surface area contributed by atoms with Gasteiger partial charge in [-0.25, -0.2) is 0 Å². The van der Waals surface area contributed by atoms with E-state index in [1.807, 2.05) is 26.8 Å². The lowest BCUT2D eigenvalue weighted by Gasteiger charge is -2.36. The zero-order valence-electron chi connectivity index (χ0n) is 19.8. The van der Waals surface area contributed by atoms with Gasteiger partial charge in [0.15, 0.2) is 0 Å². The number of rotatable bonds is 9. The molecule has 1 aliphatic rings. The maximum Gasteiger partial charge on any atom is 0.228 e. The summed E-state index contributed by atoms with van der Waals surface area (Å²) in [6.07, 6.45) is 10.8. The number of phenols is 1. The van der Waals surface area contributed by atoms with Crippen LogP contribution in [0.25, 0.3) is 0 Å². The third-order valence-corrected chi connectivity index (χ3v) is 5.76. The fourth-order valence-electron chi connectivity index (χ4n) is 3.89. The minimum absolute atomic E-state index is 0.209. The summed E-state index contributed by atoms with van der Waals surface area (Å²) >= 11 is 0. The second-order valence-corrected chi connectivity index (χ2v) is 9.23. The van der Waals surface area contributed by atoms with Gasteiger partial charge < -0.3 is 9.84 Å². The Morgan fingerprint density at radius 1 is 1.13 bits per heavy atom. The molecule has 0 fully saturated rings. The fourth-order valence-corrected chi connectivity index (χ4v) is 3.89. The molecule has 2 rings (SSSR count). The zero-order valence-corrected chi connectivity index (χ0v) is 19.8. The summed E-state index contributed by atoms with van der Waals surface area (Å²) in [5, 5.41) is 9.79. The van der Waals surface area contributed by atoms with Crippen molar-refractivity contribution in [2.75, 3.05) is 0 Å². The number of carbonyl (C=O) groups excluding carboxylic acids is 2. The van der Waals surface area contributed by atoms with Crippen molar-refractivity contribution in [1.29, 1.82) is 0 Å². The van der Waals surface area contributed by atoms with E-state index in [-0.39, 0.29) is 5.60 Å². The van der Waals surface area contributed by atoms with E-state index in [4.69, 9.17) is 4.74 Å². The number of aryl methyl sites for hydroxylation is 2. The fraction of sp³-hybridized carbons (Fsp3) is 0.481. The minimum Gasteiger partial charge on any atom is -0.508 e. The predicted octanol–water partition coefficient (Wildman–Crippen LogP) is 6.34. The summed E-state index contributed by atoms with van der Waals surface area (Å²) in [4.78, 5) is 23.9. The molecule has 1 aromatic rings. The topological polar surface area (TPSA) is 63.6 Å². The zero-order chi connectivity index (χ0) is 23.2. The first-order valence-electron chi connectivity index (χ1n) is 11.1. The van der Waals surface area contributed by atoms with Gasteiger partial charge in [0.1, 0.15) is 17.1 Å². The second-order valence-electron chi connectivity index (χ2n) is 9.23. The van der Waals surface area contributed by atoms with E-state index in [0.717, 1.165) is 61.0 Å². The number of hydrogen-bond acceptors (Lipinski definition) is 4. The molecule has 0 unspecified atom stereocenters. The summed E-state index contributed by atoms with van der Waals surface area (Å²) in [5.41, 5.74) is 4.47. The van der Waals surface area contributed by atoms with Gasteiger partial charge in [0.25, 0.3) is 0 Å². The Bertz CT molecular complexity index is 929. The maximum absolute atomic E-state index is 12.1. The highest BCUT2D eigenvalue weighted by Gasteiger charge is 2.32. The molecule has 0 spiro atoms. The van der Waals surface area contributed by atoms with Crippen LogP contribution in [0.5, 0.6) is 11.5 Å². The van der Waals surface area contributed by atoms with Crippen molar-refractivity contribution >= 4 is 11.6 Å². The SMILES string of the molecule is CC(C)=CC(=O)C(=O)/C(C)=C/CC/C(C)=C/CC[C@]1(C)CCc2cc(O)cc(C)c2O1. The monoisotopic (exact) mass is 424 g/mol. The number of phenolic OH excluding ortho intramolecular Hbond substituents is 1. The highest BCUT2D eigenvalue weighted by molar-refractivity contribution is 6.47. The predicted molar refractivity (Wildman–Crippen MR) is 126 cm³/mol. The maximum atomic E-state index is 12.1. The van der Waals surface area contributed by atoms with E-state index >= 15 is 0 Å². The number of benzene rings is 1. The van der Waals surface area contributed by atoms with Gasteiger partial charge in [-0.05, 0) is 115 Å². The molecule has 4 heteroatoms. The Morgan fingerprint density at radius 3 is 2.52 bits per heavy atom. The molecule has 1 atom stereocenters. The van der Waals surface area contributed by atoms with Crippen LogP contribution in [0.15, 0.2) is 47.1 Å². The lowest BCUT2D eigenvalue weighted by Crippen LogP contribution is -2.36. The highest BCUT2D eigenvalue weighted by atomic mass is 16.5. The highest BCUT2D eigenvalue weighted by Crippen LogP contribution is 2.39. The number of allylic oxidation sites excluding steroid dienone is 6. The molecule has 1 aromatic carbocycles. The van der Waals surface area contributed by atoms with E-state index in [1.165, 1.54) is 11.6 Å². The first kappa shape index (κ1) is 24.6. The Labute approximate surface area is 186 Å². The van der Waals surface area contributed by atoms with Crippen LogP contribution in [-0.4, -0.2) is 22.3 Å². The average Bonchev–Trinajstić information content (AvgIpc) is 2.67. The standard InChI is InChI=1S/C27H36O4/c1-18(2)15-24(29)25(30)20(4)11-7-9-19(3)10-8-13-27(6)14-12-22-17-23(28)16-21(5)26(22)31-27/h10-11,15-17,28H,7-9,12-14H2,1-6H3/b19-10+,20-11+/t27-/m1/s1. The van der Waals surface area contributed by atoms with Gasteiger partial charge in [-0.15, -0.1) is 0 Å². The summed E-state index contributed by atoms with van der Waals surface area (Å²) < 4.78 is 6.35. The molecule has 0 saturated heterocycles. The van der Waals surface area contributed by atoms with E-state index in [0.29, 0.717) is 11.3 Å². The first-order valence-corrected chi connectivity index (χ1v) is 11.1. The van der Waals surface area contributed by atoms with Gasteiger partial charge in [-0.1, -0.05) is 23.3 Å². The lowest BCUT2D eigenvalue weighted by atomic mass is 9.87. The van der Waals surface area contributed by atoms with E-state index < -0.39 is 11.6 Å². The summed E-state index contributed by atoms with van der Waals surface area (Å²) in [6.45, 7) is 11.6. The van der Waals surface area contributed by atoms with Crippen molar-refractivity contribution in [2.45, 2.75) is 85.7 Å². The van der Waals surface area contributed by atoms with Crippen LogP contribution < -0.4 is 4.74 Å². The van der Waals surface area contributed by atoms with E-state index in [2.05, 4.69) is 19.9 Å². The van der Waals surface area contributed by atoms with Gasteiger partial charge in [-0.2, -0.15) is 0 Å². The van der Waals surface area contributed by atoms with Gasteiger partial charge in [-0.3, -0.25) is 9.59 Å². The van der Waals surface area contributed by atoms with Crippen LogP contribution in [0.3, 0.4) is 0 Å². The third-order valence-electron chi connectivity index (χ3n) is 5.76. The van der Waals surface area contributed by atoms with Crippen LogP contribution in [0.2, 0.25) is 0 Å². The number of fused-ring (bicyclic) bond motifs is 1. The number of Topliss-reactive ketones (excluding diaryl/α,β-unsaturated/α-hetero) is 1. The van der Waals surface area contributed by atoms with Crippen molar-refractivity contribution in [3.63, 3.8) is 0 Å². The third kappa shape index (κ3) is 7.23. The van der Waals surface area contributed by atoms with Crippen molar-refractivity contribution in [2.24, 2.45) is 0 Å².